The predicted molar refractivity (Wildman–Crippen MR) is 313 cm³/mol. The molecule has 3 N–H and O–H groups in total. The summed E-state index contributed by atoms with van der Waals surface area (Å²) in [6, 6.07) is -0.631. The normalized spacial score (nSPS) is 13.3. The molecule has 0 radical (unpaired) electrons. The summed E-state index contributed by atoms with van der Waals surface area (Å²) in [7, 11) is 0. The molecular weight excluding hydrogens is 855 g/mol. The Morgan fingerprint density at radius 2 is 0.629 bits per heavy atom. The maximum absolute atomic E-state index is 12.5. The second kappa shape index (κ2) is 61.1. The van der Waals surface area contributed by atoms with E-state index in [0.717, 1.165) is 57.8 Å². The first-order valence-corrected chi connectivity index (χ1v) is 31.2. The standard InChI is InChI=1S/C66H121NO3/c1-3-5-7-9-11-13-15-17-19-21-23-25-27-29-30-31-32-33-34-35-36-38-39-41-43-45-47-49-51-53-55-57-59-61-65(69)64(63-68)67-66(70)62-60-58-56-54-52-50-48-46-44-42-40-37-28-26-24-22-20-18-16-14-12-10-8-6-4-2/h6,8,12,14,18,20,24,26,37,40,59,61,64-65,68-69H,3-5,7,9-11,13,15-17,19,21-23,25,27-36,38-39,41-58,60,62-63H2,1-2H3,(H,67,70)/b8-6-,14-12-,20-18-,26-24-,40-37-,61-59+. The smallest absolute Gasteiger partial charge is 0.220 e. The molecule has 0 fully saturated rings. The summed E-state index contributed by atoms with van der Waals surface area (Å²) in [5.41, 5.74) is 0. The van der Waals surface area contributed by atoms with Gasteiger partial charge in [0, 0.05) is 6.42 Å². The number of carbonyl (C=O) groups is 1. The van der Waals surface area contributed by atoms with Crippen molar-refractivity contribution >= 4 is 5.91 Å². The van der Waals surface area contributed by atoms with Crippen molar-refractivity contribution < 1.29 is 15.0 Å². The van der Waals surface area contributed by atoms with E-state index in [1.807, 2.05) is 6.08 Å². The Kier molecular flexibility index (Phi) is 59.2. The number of hydrogen-bond acceptors (Lipinski definition) is 3. The third kappa shape index (κ3) is 56.7. The van der Waals surface area contributed by atoms with Crippen LogP contribution >= 0.6 is 0 Å². The van der Waals surface area contributed by atoms with Crippen LogP contribution in [0.25, 0.3) is 0 Å². The van der Waals surface area contributed by atoms with E-state index in [1.54, 1.807) is 6.08 Å². The van der Waals surface area contributed by atoms with Crippen LogP contribution in [0.3, 0.4) is 0 Å². The topological polar surface area (TPSA) is 69.6 Å². The van der Waals surface area contributed by atoms with E-state index >= 15 is 0 Å². The Balaban J connectivity index is 3.48. The van der Waals surface area contributed by atoms with Crippen LogP contribution in [0.15, 0.2) is 72.9 Å². The molecule has 4 nitrogen and oxygen atoms in total. The van der Waals surface area contributed by atoms with Gasteiger partial charge < -0.3 is 15.5 Å². The van der Waals surface area contributed by atoms with Gasteiger partial charge in [-0.2, -0.15) is 0 Å². The van der Waals surface area contributed by atoms with Gasteiger partial charge in [0.05, 0.1) is 18.8 Å². The van der Waals surface area contributed by atoms with Crippen LogP contribution in [0, 0.1) is 0 Å². The van der Waals surface area contributed by atoms with E-state index in [0.29, 0.717) is 6.42 Å². The zero-order valence-corrected chi connectivity index (χ0v) is 47.0. The van der Waals surface area contributed by atoms with Gasteiger partial charge in [-0.15, -0.1) is 0 Å². The Morgan fingerprint density at radius 3 is 0.943 bits per heavy atom. The van der Waals surface area contributed by atoms with Gasteiger partial charge in [-0.05, 0) is 64.2 Å². The maximum atomic E-state index is 12.5. The molecule has 0 aromatic rings. The molecule has 0 aliphatic carbocycles. The Bertz CT molecular complexity index is 1200. The van der Waals surface area contributed by atoms with Crippen LogP contribution in [-0.2, 0) is 4.79 Å². The monoisotopic (exact) mass is 976 g/mol. The molecule has 0 saturated carbocycles. The van der Waals surface area contributed by atoms with Gasteiger partial charge >= 0.3 is 0 Å². The minimum Gasteiger partial charge on any atom is -0.394 e. The van der Waals surface area contributed by atoms with Crippen molar-refractivity contribution in [1.29, 1.82) is 0 Å². The largest absolute Gasteiger partial charge is 0.394 e. The lowest BCUT2D eigenvalue weighted by atomic mass is 10.0. The summed E-state index contributed by atoms with van der Waals surface area (Å²) in [5.74, 6) is -0.0693. The summed E-state index contributed by atoms with van der Waals surface area (Å²) in [6.07, 6.45) is 88.1. The second-order valence-corrected chi connectivity index (χ2v) is 21.1. The molecule has 0 aromatic carbocycles. The summed E-state index contributed by atoms with van der Waals surface area (Å²) in [5, 5.41) is 23.2. The third-order valence-corrected chi connectivity index (χ3v) is 14.2. The number of nitrogens with one attached hydrogen (secondary N) is 1. The lowest BCUT2D eigenvalue weighted by Crippen LogP contribution is -2.45. The van der Waals surface area contributed by atoms with Crippen LogP contribution in [0.5, 0.6) is 0 Å². The van der Waals surface area contributed by atoms with Crippen LogP contribution < -0.4 is 5.32 Å². The highest BCUT2D eigenvalue weighted by Gasteiger charge is 2.18. The highest BCUT2D eigenvalue weighted by Crippen LogP contribution is 2.18. The first-order chi connectivity index (χ1) is 34.7. The lowest BCUT2D eigenvalue weighted by Gasteiger charge is -2.20. The fourth-order valence-electron chi connectivity index (χ4n) is 9.50. The zero-order chi connectivity index (χ0) is 50.6. The average molecular weight is 977 g/mol. The number of aliphatic hydroxyl groups is 2. The Morgan fingerprint density at radius 1 is 0.357 bits per heavy atom. The molecule has 0 aliphatic rings. The van der Waals surface area contributed by atoms with Gasteiger partial charge in [0.2, 0.25) is 5.91 Å². The van der Waals surface area contributed by atoms with Crippen molar-refractivity contribution in [3.63, 3.8) is 0 Å². The summed E-state index contributed by atoms with van der Waals surface area (Å²) in [6.45, 7) is 4.22. The van der Waals surface area contributed by atoms with Gasteiger partial charge in [0.15, 0.2) is 0 Å². The fourth-order valence-corrected chi connectivity index (χ4v) is 9.50. The molecular formula is C66H121NO3. The number of carbonyl (C=O) groups excluding carboxylic acids is 1. The van der Waals surface area contributed by atoms with Gasteiger partial charge in [-0.1, -0.05) is 324 Å². The Hall–Kier alpha value is -2.17. The highest BCUT2D eigenvalue weighted by molar-refractivity contribution is 5.76. The maximum Gasteiger partial charge on any atom is 0.220 e. The Labute approximate surface area is 438 Å². The number of rotatable bonds is 57. The van der Waals surface area contributed by atoms with E-state index in [4.69, 9.17) is 0 Å². The van der Waals surface area contributed by atoms with Crippen LogP contribution in [0.1, 0.15) is 322 Å². The number of unbranched alkanes of at least 4 members (excludes halogenated alkanes) is 40. The first kappa shape index (κ1) is 67.8. The molecule has 2 unspecified atom stereocenters. The minimum absolute atomic E-state index is 0.0693. The SMILES string of the molecule is CC/C=C\C/C=C\C/C=C\C/C=C\C/C=C\CCCCCCCCCCCC(=O)NC(CO)C(O)/C=C/CCCCCCCCCCCCCCCCCCCCCCCCCCCCCCCCC. The zero-order valence-electron chi connectivity index (χ0n) is 47.0. The number of hydrogen-bond donors (Lipinski definition) is 3. The molecule has 0 rings (SSSR count). The summed E-state index contributed by atoms with van der Waals surface area (Å²) >= 11 is 0. The molecule has 1 amide bonds. The molecule has 0 heterocycles. The number of amides is 1. The molecule has 0 bridgehead atoms. The van der Waals surface area contributed by atoms with E-state index in [1.165, 1.54) is 244 Å². The van der Waals surface area contributed by atoms with Crippen molar-refractivity contribution in [3.8, 4) is 0 Å². The molecule has 408 valence electrons. The first-order valence-electron chi connectivity index (χ1n) is 31.2. The van der Waals surface area contributed by atoms with Crippen LogP contribution in [-0.4, -0.2) is 34.9 Å². The summed E-state index contributed by atoms with van der Waals surface area (Å²) < 4.78 is 0. The molecule has 2 atom stereocenters. The quantitative estimate of drug-likeness (QED) is 0.0420. The molecule has 4 heteroatoms. The molecule has 0 aromatic heterocycles. The molecule has 0 spiro atoms. The average Bonchev–Trinajstić information content (AvgIpc) is 3.36. The van der Waals surface area contributed by atoms with Crippen molar-refractivity contribution in [2.45, 2.75) is 334 Å². The van der Waals surface area contributed by atoms with E-state index in [2.05, 4.69) is 79.9 Å². The fraction of sp³-hybridized carbons (Fsp3) is 0.803. The van der Waals surface area contributed by atoms with Crippen LogP contribution in [0.4, 0.5) is 0 Å². The van der Waals surface area contributed by atoms with E-state index in [9.17, 15) is 15.0 Å². The third-order valence-electron chi connectivity index (χ3n) is 14.2. The van der Waals surface area contributed by atoms with Gasteiger partial charge in [0.25, 0.3) is 0 Å². The number of aliphatic hydroxyl groups excluding tert-OH is 2. The summed E-state index contributed by atoms with van der Waals surface area (Å²) in [4.78, 5) is 12.5. The van der Waals surface area contributed by atoms with Crippen molar-refractivity contribution in [1.82, 2.24) is 5.32 Å². The highest BCUT2D eigenvalue weighted by atomic mass is 16.3. The van der Waals surface area contributed by atoms with Gasteiger partial charge in [0.1, 0.15) is 0 Å². The van der Waals surface area contributed by atoms with E-state index in [-0.39, 0.29) is 12.5 Å². The van der Waals surface area contributed by atoms with Gasteiger partial charge in [-0.3, -0.25) is 4.79 Å². The van der Waals surface area contributed by atoms with Crippen molar-refractivity contribution in [2.24, 2.45) is 0 Å². The van der Waals surface area contributed by atoms with Crippen molar-refractivity contribution in [3.05, 3.63) is 72.9 Å². The molecule has 0 saturated heterocycles. The van der Waals surface area contributed by atoms with Gasteiger partial charge in [-0.25, -0.2) is 0 Å². The predicted octanol–water partition coefficient (Wildman–Crippen LogP) is 20.9. The van der Waals surface area contributed by atoms with E-state index < -0.39 is 12.1 Å². The second-order valence-electron chi connectivity index (χ2n) is 21.1. The minimum atomic E-state index is -0.848. The van der Waals surface area contributed by atoms with Crippen molar-refractivity contribution in [2.75, 3.05) is 6.61 Å². The lowest BCUT2D eigenvalue weighted by molar-refractivity contribution is -0.123. The van der Waals surface area contributed by atoms with Crippen LogP contribution in [0.2, 0.25) is 0 Å². The number of allylic oxidation sites excluding steroid dienone is 11. The molecule has 0 aliphatic heterocycles. The molecule has 70 heavy (non-hydrogen) atoms.